The summed E-state index contributed by atoms with van der Waals surface area (Å²) in [5, 5.41) is 0. The maximum Gasteiger partial charge on any atom is 0.363 e. The predicted molar refractivity (Wildman–Crippen MR) is 97.8 cm³/mol. The summed E-state index contributed by atoms with van der Waals surface area (Å²) in [6.07, 6.45) is 1.67. The lowest BCUT2D eigenvalue weighted by atomic mass is 10.2. The standard InChI is InChI=1S/C20H19NO5/c1-4-25-15-8-5-13(6-9-15)11-16-20(22)26-19(21-16)14-7-10-17(23-2)18(12-14)24-3/h5-12H,4H2,1-3H3/b16-11-. The van der Waals surface area contributed by atoms with Gasteiger partial charge in [-0.25, -0.2) is 9.79 Å². The quantitative estimate of drug-likeness (QED) is 0.588. The van der Waals surface area contributed by atoms with E-state index in [9.17, 15) is 4.79 Å². The van der Waals surface area contributed by atoms with E-state index in [1.807, 2.05) is 31.2 Å². The molecule has 1 heterocycles. The number of nitrogens with zero attached hydrogens (tertiary/aromatic N) is 1. The molecule has 0 bridgehead atoms. The van der Waals surface area contributed by atoms with Crippen LogP contribution in [0.3, 0.4) is 0 Å². The van der Waals surface area contributed by atoms with Crippen molar-refractivity contribution < 1.29 is 23.7 Å². The van der Waals surface area contributed by atoms with Crippen LogP contribution in [0.2, 0.25) is 0 Å². The van der Waals surface area contributed by atoms with Gasteiger partial charge < -0.3 is 18.9 Å². The number of benzene rings is 2. The van der Waals surface area contributed by atoms with E-state index in [1.54, 1.807) is 38.5 Å². The molecule has 0 aliphatic carbocycles. The van der Waals surface area contributed by atoms with Crippen LogP contribution in [-0.2, 0) is 9.53 Å². The summed E-state index contributed by atoms with van der Waals surface area (Å²) < 4.78 is 21.2. The van der Waals surface area contributed by atoms with Crippen LogP contribution in [0.1, 0.15) is 18.1 Å². The first-order valence-corrected chi connectivity index (χ1v) is 8.12. The van der Waals surface area contributed by atoms with Gasteiger partial charge in [0.25, 0.3) is 0 Å². The van der Waals surface area contributed by atoms with Crippen LogP contribution in [-0.4, -0.2) is 32.7 Å². The molecule has 6 heteroatoms. The van der Waals surface area contributed by atoms with E-state index in [2.05, 4.69) is 4.99 Å². The van der Waals surface area contributed by atoms with E-state index < -0.39 is 5.97 Å². The summed E-state index contributed by atoms with van der Waals surface area (Å²) in [6, 6.07) is 12.6. The zero-order valence-electron chi connectivity index (χ0n) is 14.8. The number of hydrogen-bond donors (Lipinski definition) is 0. The number of esters is 1. The molecule has 0 unspecified atom stereocenters. The van der Waals surface area contributed by atoms with Gasteiger partial charge in [-0.2, -0.15) is 0 Å². The first kappa shape index (κ1) is 17.5. The molecule has 3 rings (SSSR count). The van der Waals surface area contributed by atoms with Crippen molar-refractivity contribution >= 4 is 17.9 Å². The molecule has 0 aromatic heterocycles. The molecule has 1 aliphatic heterocycles. The van der Waals surface area contributed by atoms with Gasteiger partial charge in [0.15, 0.2) is 17.2 Å². The third kappa shape index (κ3) is 3.69. The van der Waals surface area contributed by atoms with E-state index >= 15 is 0 Å². The summed E-state index contributed by atoms with van der Waals surface area (Å²) in [4.78, 5) is 16.4. The smallest absolute Gasteiger partial charge is 0.363 e. The fourth-order valence-corrected chi connectivity index (χ4v) is 2.49. The molecule has 6 nitrogen and oxygen atoms in total. The molecule has 0 N–H and O–H groups in total. The predicted octanol–water partition coefficient (Wildman–Crippen LogP) is 3.45. The lowest BCUT2D eigenvalue weighted by molar-refractivity contribution is -0.129. The normalized spacial score (nSPS) is 14.8. The van der Waals surface area contributed by atoms with Crippen molar-refractivity contribution in [2.75, 3.05) is 20.8 Å². The second-order valence-corrected chi connectivity index (χ2v) is 5.41. The van der Waals surface area contributed by atoms with Gasteiger partial charge in [0, 0.05) is 5.56 Å². The van der Waals surface area contributed by atoms with Gasteiger partial charge in [0.05, 0.1) is 20.8 Å². The highest BCUT2D eigenvalue weighted by atomic mass is 16.6. The van der Waals surface area contributed by atoms with Crippen LogP contribution >= 0.6 is 0 Å². The molecular formula is C20H19NO5. The summed E-state index contributed by atoms with van der Waals surface area (Å²) in [5.74, 6) is 1.63. The Balaban J connectivity index is 1.86. The van der Waals surface area contributed by atoms with Crippen LogP contribution in [0.4, 0.5) is 0 Å². The Morgan fingerprint density at radius 1 is 1.04 bits per heavy atom. The molecule has 134 valence electrons. The van der Waals surface area contributed by atoms with E-state index in [1.165, 1.54) is 0 Å². The number of aliphatic imine (C=N–C) groups is 1. The molecular weight excluding hydrogens is 334 g/mol. The zero-order chi connectivity index (χ0) is 18.5. The molecule has 2 aromatic rings. The molecule has 0 saturated carbocycles. The Morgan fingerprint density at radius 2 is 1.77 bits per heavy atom. The number of carbonyl (C=O) groups is 1. The number of methoxy groups -OCH3 is 2. The first-order valence-electron chi connectivity index (χ1n) is 8.12. The van der Waals surface area contributed by atoms with Gasteiger partial charge in [0.2, 0.25) is 5.90 Å². The van der Waals surface area contributed by atoms with Gasteiger partial charge in [-0.3, -0.25) is 0 Å². The third-order valence-electron chi connectivity index (χ3n) is 3.75. The van der Waals surface area contributed by atoms with Gasteiger partial charge in [-0.1, -0.05) is 12.1 Å². The van der Waals surface area contributed by atoms with Gasteiger partial charge >= 0.3 is 5.97 Å². The fourth-order valence-electron chi connectivity index (χ4n) is 2.49. The van der Waals surface area contributed by atoms with E-state index in [-0.39, 0.29) is 11.6 Å². The number of rotatable bonds is 6. The number of hydrogen-bond acceptors (Lipinski definition) is 6. The van der Waals surface area contributed by atoms with E-state index in [4.69, 9.17) is 18.9 Å². The second kappa shape index (κ2) is 7.74. The van der Waals surface area contributed by atoms with Crippen LogP contribution < -0.4 is 14.2 Å². The minimum absolute atomic E-state index is 0.230. The Labute approximate surface area is 151 Å². The summed E-state index contributed by atoms with van der Waals surface area (Å²) in [7, 11) is 3.10. The van der Waals surface area contributed by atoms with Crippen molar-refractivity contribution in [2.24, 2.45) is 4.99 Å². The fraction of sp³-hybridized carbons (Fsp3) is 0.200. The average Bonchev–Trinajstić information content (AvgIpc) is 3.03. The second-order valence-electron chi connectivity index (χ2n) is 5.41. The Bertz CT molecular complexity index is 868. The summed E-state index contributed by atoms with van der Waals surface area (Å²) in [6.45, 7) is 2.53. The largest absolute Gasteiger partial charge is 0.494 e. The van der Waals surface area contributed by atoms with Crippen LogP contribution in [0, 0.1) is 0 Å². The average molecular weight is 353 g/mol. The zero-order valence-corrected chi connectivity index (χ0v) is 14.8. The van der Waals surface area contributed by atoms with Crippen LogP contribution in [0.15, 0.2) is 53.2 Å². The summed E-state index contributed by atoms with van der Waals surface area (Å²) >= 11 is 0. The first-order chi connectivity index (χ1) is 12.6. The third-order valence-corrected chi connectivity index (χ3v) is 3.75. The summed E-state index contributed by atoms with van der Waals surface area (Å²) in [5.41, 5.74) is 1.70. The highest BCUT2D eigenvalue weighted by Crippen LogP contribution is 2.29. The van der Waals surface area contributed by atoms with Crippen molar-refractivity contribution in [1.29, 1.82) is 0 Å². The van der Waals surface area contributed by atoms with Gasteiger partial charge in [0.1, 0.15) is 5.75 Å². The highest BCUT2D eigenvalue weighted by Gasteiger charge is 2.25. The minimum Gasteiger partial charge on any atom is -0.494 e. The molecule has 2 aromatic carbocycles. The topological polar surface area (TPSA) is 66.3 Å². The Hall–Kier alpha value is -3.28. The monoisotopic (exact) mass is 353 g/mol. The number of carbonyl (C=O) groups excluding carboxylic acids is 1. The molecule has 1 aliphatic rings. The number of ether oxygens (including phenoxy) is 4. The molecule has 0 amide bonds. The van der Waals surface area contributed by atoms with Gasteiger partial charge in [-0.05, 0) is 48.9 Å². The van der Waals surface area contributed by atoms with Crippen molar-refractivity contribution in [2.45, 2.75) is 6.92 Å². The van der Waals surface area contributed by atoms with Crippen LogP contribution in [0.25, 0.3) is 6.08 Å². The number of cyclic esters (lactones) is 1. The maximum absolute atomic E-state index is 12.1. The van der Waals surface area contributed by atoms with E-state index in [0.717, 1.165) is 11.3 Å². The van der Waals surface area contributed by atoms with Crippen molar-refractivity contribution in [3.63, 3.8) is 0 Å². The molecule has 0 radical (unpaired) electrons. The van der Waals surface area contributed by atoms with E-state index in [0.29, 0.717) is 23.7 Å². The molecule has 0 spiro atoms. The minimum atomic E-state index is -0.497. The van der Waals surface area contributed by atoms with Crippen molar-refractivity contribution in [3.8, 4) is 17.2 Å². The van der Waals surface area contributed by atoms with Crippen molar-refractivity contribution in [1.82, 2.24) is 0 Å². The molecule has 0 saturated heterocycles. The molecule has 0 atom stereocenters. The molecule has 0 fully saturated rings. The van der Waals surface area contributed by atoms with Crippen LogP contribution in [0.5, 0.6) is 17.2 Å². The lowest BCUT2D eigenvalue weighted by Crippen LogP contribution is -2.05. The SMILES string of the molecule is CCOc1ccc(/C=C2\N=C(c3ccc(OC)c(OC)c3)OC2=O)cc1. The van der Waals surface area contributed by atoms with Crippen molar-refractivity contribution in [3.05, 3.63) is 59.3 Å². The highest BCUT2D eigenvalue weighted by molar-refractivity contribution is 6.13. The Morgan fingerprint density at radius 3 is 2.42 bits per heavy atom. The van der Waals surface area contributed by atoms with Gasteiger partial charge in [-0.15, -0.1) is 0 Å². The maximum atomic E-state index is 12.1. The molecule has 26 heavy (non-hydrogen) atoms. The Kier molecular flexibility index (Phi) is 5.22. The lowest BCUT2D eigenvalue weighted by Gasteiger charge is -2.08.